The summed E-state index contributed by atoms with van der Waals surface area (Å²) in [4.78, 5) is 18.8. The number of rotatable bonds is 7. The lowest BCUT2D eigenvalue weighted by Crippen LogP contribution is -2.39. The number of anilines is 1. The number of carbonyl (C=O) groups is 1. The van der Waals surface area contributed by atoms with E-state index in [1.165, 1.54) is 0 Å². The van der Waals surface area contributed by atoms with Crippen molar-refractivity contribution in [1.82, 2.24) is 9.88 Å². The third kappa shape index (κ3) is 3.94. The molecule has 0 saturated carbocycles. The Hall–Kier alpha value is -1.58. The fraction of sp³-hybridized carbons (Fsp3) is 0.600. The first-order valence-electron chi connectivity index (χ1n) is 7.09. The Morgan fingerprint density at radius 3 is 2.79 bits per heavy atom. The molecule has 106 valence electrons. The van der Waals surface area contributed by atoms with Crippen LogP contribution in [0.1, 0.15) is 50.4 Å². The Kier molecular flexibility index (Phi) is 6.33. The zero-order valence-corrected chi connectivity index (χ0v) is 12.4. The van der Waals surface area contributed by atoms with Gasteiger partial charge in [-0.15, -0.1) is 0 Å². The van der Waals surface area contributed by atoms with Crippen LogP contribution < -0.4 is 5.32 Å². The molecule has 0 radical (unpaired) electrons. The minimum Gasteiger partial charge on any atom is -0.372 e. The van der Waals surface area contributed by atoms with Gasteiger partial charge in [0, 0.05) is 25.8 Å². The quantitative estimate of drug-likeness (QED) is 0.822. The van der Waals surface area contributed by atoms with E-state index in [0.29, 0.717) is 11.4 Å². The summed E-state index contributed by atoms with van der Waals surface area (Å²) in [6, 6.07) is 3.90. The van der Waals surface area contributed by atoms with E-state index in [9.17, 15) is 4.79 Å². The van der Waals surface area contributed by atoms with Crippen molar-refractivity contribution in [3.05, 3.63) is 23.9 Å². The van der Waals surface area contributed by atoms with Crippen molar-refractivity contribution < 1.29 is 4.79 Å². The van der Waals surface area contributed by atoms with Crippen molar-refractivity contribution in [3.8, 4) is 0 Å². The average Bonchev–Trinajstić information content (AvgIpc) is 2.46. The van der Waals surface area contributed by atoms with E-state index in [0.717, 1.165) is 25.8 Å². The fourth-order valence-electron chi connectivity index (χ4n) is 2.00. The number of hydrogen-bond donors (Lipinski definition) is 1. The van der Waals surface area contributed by atoms with Crippen molar-refractivity contribution >= 4 is 11.7 Å². The minimum absolute atomic E-state index is 0.0697. The number of carbonyl (C=O) groups excluding carboxylic acids is 1. The molecule has 1 rings (SSSR count). The van der Waals surface area contributed by atoms with Crippen LogP contribution in [0.15, 0.2) is 18.3 Å². The average molecular weight is 263 g/mol. The molecular weight excluding hydrogens is 238 g/mol. The zero-order chi connectivity index (χ0) is 14.3. The van der Waals surface area contributed by atoms with E-state index in [1.807, 2.05) is 17.0 Å². The second-order valence-electron chi connectivity index (χ2n) is 4.76. The number of nitrogens with one attached hydrogen (secondary N) is 1. The molecule has 1 atom stereocenters. The first-order valence-corrected chi connectivity index (χ1v) is 7.09. The van der Waals surface area contributed by atoms with Gasteiger partial charge < -0.3 is 10.2 Å². The summed E-state index contributed by atoms with van der Waals surface area (Å²) in [6.45, 7) is 7.16. The van der Waals surface area contributed by atoms with Gasteiger partial charge in [-0.1, -0.05) is 20.3 Å². The van der Waals surface area contributed by atoms with Crippen LogP contribution in [0.25, 0.3) is 0 Å². The van der Waals surface area contributed by atoms with Crippen LogP contribution in [0.2, 0.25) is 0 Å². The molecule has 1 N–H and O–H groups in total. The molecule has 4 nitrogen and oxygen atoms in total. The van der Waals surface area contributed by atoms with Gasteiger partial charge in [0.1, 0.15) is 5.82 Å². The van der Waals surface area contributed by atoms with Gasteiger partial charge in [0.25, 0.3) is 5.91 Å². The van der Waals surface area contributed by atoms with Crippen LogP contribution in [-0.2, 0) is 0 Å². The Balaban J connectivity index is 2.97. The van der Waals surface area contributed by atoms with Crippen LogP contribution in [0.4, 0.5) is 5.82 Å². The van der Waals surface area contributed by atoms with Crippen LogP contribution >= 0.6 is 0 Å². The first-order chi connectivity index (χ1) is 9.15. The Labute approximate surface area is 116 Å². The summed E-state index contributed by atoms with van der Waals surface area (Å²) >= 11 is 0. The van der Waals surface area contributed by atoms with E-state index in [1.54, 1.807) is 13.2 Å². The van der Waals surface area contributed by atoms with Crippen molar-refractivity contribution in [2.45, 2.75) is 46.1 Å². The molecule has 1 heterocycles. The molecule has 0 aromatic carbocycles. The summed E-state index contributed by atoms with van der Waals surface area (Å²) in [5.74, 6) is 0.720. The highest BCUT2D eigenvalue weighted by molar-refractivity contribution is 5.98. The van der Waals surface area contributed by atoms with Crippen LogP contribution in [0.3, 0.4) is 0 Å². The van der Waals surface area contributed by atoms with E-state index in [4.69, 9.17) is 0 Å². The van der Waals surface area contributed by atoms with Crippen LogP contribution in [0, 0.1) is 0 Å². The smallest absolute Gasteiger partial charge is 0.257 e. The van der Waals surface area contributed by atoms with E-state index < -0.39 is 0 Å². The highest BCUT2D eigenvalue weighted by atomic mass is 16.2. The molecule has 1 amide bonds. The second-order valence-corrected chi connectivity index (χ2v) is 4.76. The van der Waals surface area contributed by atoms with Crippen molar-refractivity contribution in [3.63, 3.8) is 0 Å². The Bertz CT molecular complexity index is 406. The predicted octanol–water partition coefficient (Wildman–Crippen LogP) is 3.16. The number of aromatic nitrogens is 1. The molecule has 4 heteroatoms. The summed E-state index contributed by atoms with van der Waals surface area (Å²) in [6.07, 6.45) is 4.78. The SMILES string of the molecule is CCCCN(C(=O)c1cccnc1NC)C(C)CC. The Morgan fingerprint density at radius 1 is 1.47 bits per heavy atom. The van der Waals surface area contributed by atoms with E-state index in [2.05, 4.69) is 31.1 Å². The molecular formula is C15H25N3O. The molecule has 0 spiro atoms. The summed E-state index contributed by atoms with van der Waals surface area (Å²) in [7, 11) is 1.79. The van der Waals surface area contributed by atoms with Crippen molar-refractivity contribution in [2.24, 2.45) is 0 Å². The van der Waals surface area contributed by atoms with E-state index >= 15 is 0 Å². The van der Waals surface area contributed by atoms with Crippen LogP contribution in [0.5, 0.6) is 0 Å². The lowest BCUT2D eigenvalue weighted by molar-refractivity contribution is 0.0686. The van der Waals surface area contributed by atoms with Crippen molar-refractivity contribution in [2.75, 3.05) is 18.9 Å². The molecule has 1 aromatic heterocycles. The normalized spacial score (nSPS) is 12.0. The Morgan fingerprint density at radius 2 is 2.21 bits per heavy atom. The maximum absolute atomic E-state index is 12.7. The molecule has 0 fully saturated rings. The lowest BCUT2D eigenvalue weighted by atomic mass is 10.1. The summed E-state index contributed by atoms with van der Waals surface area (Å²) < 4.78 is 0. The van der Waals surface area contributed by atoms with Gasteiger partial charge in [0.05, 0.1) is 5.56 Å². The molecule has 1 unspecified atom stereocenters. The minimum atomic E-state index is 0.0697. The number of unbranched alkanes of at least 4 members (excludes halogenated alkanes) is 1. The number of pyridine rings is 1. The standard InChI is InChI=1S/C15H25N3O/c1-5-7-11-18(12(3)6-2)15(19)13-9-8-10-17-14(13)16-4/h8-10,12H,5-7,11H2,1-4H3,(H,16,17). The third-order valence-electron chi connectivity index (χ3n) is 3.41. The highest BCUT2D eigenvalue weighted by Gasteiger charge is 2.22. The number of amides is 1. The topological polar surface area (TPSA) is 45.2 Å². The summed E-state index contributed by atoms with van der Waals surface area (Å²) in [5.41, 5.74) is 0.654. The molecule has 0 bridgehead atoms. The zero-order valence-electron chi connectivity index (χ0n) is 12.4. The lowest BCUT2D eigenvalue weighted by Gasteiger charge is -2.29. The first kappa shape index (κ1) is 15.5. The summed E-state index contributed by atoms with van der Waals surface area (Å²) in [5, 5.41) is 2.99. The molecule has 19 heavy (non-hydrogen) atoms. The third-order valence-corrected chi connectivity index (χ3v) is 3.41. The maximum Gasteiger partial charge on any atom is 0.257 e. The maximum atomic E-state index is 12.7. The van der Waals surface area contributed by atoms with Gasteiger partial charge in [-0.3, -0.25) is 4.79 Å². The van der Waals surface area contributed by atoms with Gasteiger partial charge in [0.2, 0.25) is 0 Å². The molecule has 0 aliphatic rings. The van der Waals surface area contributed by atoms with Gasteiger partial charge in [-0.05, 0) is 31.9 Å². The highest BCUT2D eigenvalue weighted by Crippen LogP contribution is 2.17. The second kappa shape index (κ2) is 7.77. The van der Waals surface area contributed by atoms with Gasteiger partial charge in [-0.2, -0.15) is 0 Å². The van der Waals surface area contributed by atoms with E-state index in [-0.39, 0.29) is 11.9 Å². The van der Waals surface area contributed by atoms with Gasteiger partial charge in [-0.25, -0.2) is 4.98 Å². The predicted molar refractivity (Wildman–Crippen MR) is 79.5 cm³/mol. The number of hydrogen-bond acceptors (Lipinski definition) is 3. The van der Waals surface area contributed by atoms with Crippen LogP contribution in [-0.4, -0.2) is 35.4 Å². The van der Waals surface area contributed by atoms with Gasteiger partial charge in [0.15, 0.2) is 0 Å². The molecule has 1 aromatic rings. The van der Waals surface area contributed by atoms with Crippen molar-refractivity contribution in [1.29, 1.82) is 0 Å². The molecule has 0 aliphatic heterocycles. The fourth-order valence-corrected chi connectivity index (χ4v) is 2.00. The number of nitrogens with zero attached hydrogens (tertiary/aromatic N) is 2. The molecule has 0 aliphatic carbocycles. The monoisotopic (exact) mass is 263 g/mol. The molecule has 0 saturated heterocycles. The van der Waals surface area contributed by atoms with Gasteiger partial charge >= 0.3 is 0 Å². The largest absolute Gasteiger partial charge is 0.372 e.